The third-order valence-electron chi connectivity index (χ3n) is 5.52. The molecule has 0 spiro atoms. The van der Waals surface area contributed by atoms with Crippen molar-refractivity contribution >= 4 is 23.2 Å². The average molecular weight is 353 g/mol. The molecule has 3 N–H and O–H groups in total. The molecule has 0 saturated heterocycles. The summed E-state index contributed by atoms with van der Waals surface area (Å²) >= 11 is 6.18. The quantitative estimate of drug-likeness (QED) is 0.870. The van der Waals surface area contributed by atoms with Crippen LogP contribution in [0.15, 0.2) is 12.1 Å². The summed E-state index contributed by atoms with van der Waals surface area (Å²) in [7, 11) is 3.10. The Hall–Kier alpha value is -1.46. The first-order chi connectivity index (χ1) is 11.5. The predicted molar refractivity (Wildman–Crippen MR) is 94.7 cm³/mol. The zero-order chi connectivity index (χ0) is 17.3. The number of amides is 1. The van der Waals surface area contributed by atoms with Gasteiger partial charge in [0, 0.05) is 18.0 Å². The number of nitrogens with two attached hydrogens (primary N) is 1. The van der Waals surface area contributed by atoms with E-state index in [1.54, 1.807) is 26.4 Å². The summed E-state index contributed by atoms with van der Waals surface area (Å²) < 4.78 is 10.5. The summed E-state index contributed by atoms with van der Waals surface area (Å²) in [6, 6.07) is 3.61. The van der Waals surface area contributed by atoms with Gasteiger partial charge in [0.15, 0.2) is 0 Å². The topological polar surface area (TPSA) is 73.6 Å². The number of ether oxygens (including phenoxy) is 2. The van der Waals surface area contributed by atoms with E-state index in [1.807, 2.05) is 0 Å². The van der Waals surface area contributed by atoms with Gasteiger partial charge < -0.3 is 20.5 Å². The third-order valence-corrected chi connectivity index (χ3v) is 5.81. The highest BCUT2D eigenvalue weighted by atomic mass is 35.5. The third kappa shape index (κ3) is 3.33. The van der Waals surface area contributed by atoms with Crippen LogP contribution < -0.4 is 20.5 Å². The molecular formula is C18H25ClN2O3. The Morgan fingerprint density at radius 2 is 1.79 bits per heavy atom. The van der Waals surface area contributed by atoms with Crippen molar-refractivity contribution in [2.24, 2.45) is 23.5 Å². The molecule has 2 atom stereocenters. The molecule has 1 aromatic rings. The van der Waals surface area contributed by atoms with E-state index >= 15 is 0 Å². The second kappa shape index (κ2) is 7.19. The molecular weight excluding hydrogens is 328 g/mol. The van der Waals surface area contributed by atoms with E-state index in [0.29, 0.717) is 34.0 Å². The van der Waals surface area contributed by atoms with Crippen molar-refractivity contribution < 1.29 is 14.3 Å². The van der Waals surface area contributed by atoms with Gasteiger partial charge in [-0.05, 0) is 43.6 Å². The van der Waals surface area contributed by atoms with Gasteiger partial charge in [-0.1, -0.05) is 18.0 Å². The second-order valence-corrected chi connectivity index (χ2v) is 7.28. The fourth-order valence-electron chi connectivity index (χ4n) is 4.20. The molecule has 5 nitrogen and oxygen atoms in total. The number of carbonyl (C=O) groups is 1. The summed E-state index contributed by atoms with van der Waals surface area (Å²) in [5.41, 5.74) is 6.89. The van der Waals surface area contributed by atoms with E-state index < -0.39 is 0 Å². The van der Waals surface area contributed by atoms with Gasteiger partial charge in [-0.2, -0.15) is 0 Å². The van der Waals surface area contributed by atoms with Crippen LogP contribution in [0.3, 0.4) is 0 Å². The minimum atomic E-state index is 0.00526. The Labute approximate surface area is 147 Å². The molecule has 0 radical (unpaired) electrons. The lowest BCUT2D eigenvalue weighted by molar-refractivity contribution is -0.122. The Bertz CT molecular complexity index is 609. The van der Waals surface area contributed by atoms with Crippen molar-refractivity contribution in [1.29, 1.82) is 0 Å². The number of rotatable bonds is 4. The number of hydrogen-bond donors (Lipinski definition) is 2. The smallest absolute Gasteiger partial charge is 0.227 e. The van der Waals surface area contributed by atoms with Crippen molar-refractivity contribution in [3.8, 4) is 11.5 Å². The van der Waals surface area contributed by atoms with Crippen LogP contribution >= 0.6 is 11.6 Å². The van der Waals surface area contributed by atoms with Gasteiger partial charge in [0.2, 0.25) is 5.91 Å². The highest BCUT2D eigenvalue weighted by Gasteiger charge is 2.40. The minimum Gasteiger partial charge on any atom is -0.495 e. The number of halogens is 1. The number of anilines is 1. The van der Waals surface area contributed by atoms with Gasteiger partial charge >= 0.3 is 0 Å². The summed E-state index contributed by atoms with van der Waals surface area (Å²) in [6.07, 6.45) is 5.25. The molecule has 2 aliphatic carbocycles. The molecule has 0 aliphatic heterocycles. The maximum atomic E-state index is 12.8. The molecule has 2 unspecified atom stereocenters. The second-order valence-electron chi connectivity index (χ2n) is 6.87. The number of fused-ring (bicyclic) bond motifs is 2. The zero-order valence-corrected chi connectivity index (χ0v) is 14.9. The van der Waals surface area contributed by atoms with Crippen LogP contribution in [-0.4, -0.2) is 26.2 Å². The molecule has 0 heterocycles. The van der Waals surface area contributed by atoms with Crippen LogP contribution in [0.2, 0.25) is 5.02 Å². The largest absolute Gasteiger partial charge is 0.495 e. The highest BCUT2D eigenvalue weighted by molar-refractivity contribution is 6.32. The molecule has 2 saturated carbocycles. The first-order valence-electron chi connectivity index (χ1n) is 8.51. The van der Waals surface area contributed by atoms with E-state index in [9.17, 15) is 4.79 Å². The van der Waals surface area contributed by atoms with Crippen LogP contribution in [0, 0.1) is 17.8 Å². The molecule has 2 fully saturated rings. The lowest BCUT2D eigenvalue weighted by atomic mass is 9.65. The molecule has 24 heavy (non-hydrogen) atoms. The number of methoxy groups -OCH3 is 2. The van der Waals surface area contributed by atoms with E-state index in [-0.39, 0.29) is 17.9 Å². The monoisotopic (exact) mass is 352 g/mol. The number of carbonyl (C=O) groups excluding carboxylic acids is 1. The average Bonchev–Trinajstić information content (AvgIpc) is 2.54. The first-order valence-corrected chi connectivity index (χ1v) is 8.89. The zero-order valence-electron chi connectivity index (χ0n) is 14.2. The fourth-order valence-corrected chi connectivity index (χ4v) is 4.44. The lowest BCUT2D eigenvalue weighted by Crippen LogP contribution is -2.48. The van der Waals surface area contributed by atoms with Gasteiger partial charge in [-0.25, -0.2) is 0 Å². The maximum absolute atomic E-state index is 12.8. The van der Waals surface area contributed by atoms with E-state index in [1.165, 1.54) is 6.42 Å². The fraction of sp³-hybridized carbons (Fsp3) is 0.611. The van der Waals surface area contributed by atoms with E-state index in [0.717, 1.165) is 25.7 Å². The van der Waals surface area contributed by atoms with Crippen molar-refractivity contribution in [3.63, 3.8) is 0 Å². The Balaban J connectivity index is 1.74. The molecule has 3 rings (SSSR count). The molecule has 1 aromatic carbocycles. The van der Waals surface area contributed by atoms with Gasteiger partial charge in [0.05, 0.1) is 24.9 Å². The molecule has 1 amide bonds. The van der Waals surface area contributed by atoms with Gasteiger partial charge in [0.25, 0.3) is 0 Å². The van der Waals surface area contributed by atoms with Crippen molar-refractivity contribution in [1.82, 2.24) is 0 Å². The Morgan fingerprint density at radius 3 is 2.38 bits per heavy atom. The summed E-state index contributed by atoms with van der Waals surface area (Å²) in [6.45, 7) is 0. The van der Waals surface area contributed by atoms with E-state index in [4.69, 9.17) is 26.8 Å². The standard InChI is InChI=1S/C18H25ClN2O3/c1-23-15-9-16(24-2)14(8-13(15)19)21-18(22)12-6-10-4-3-5-11(7-12)17(10)20/h8-12,17H,3-7,20H2,1-2H3,(H,21,22). The number of nitrogens with one attached hydrogen (secondary N) is 1. The number of benzene rings is 1. The van der Waals surface area contributed by atoms with Crippen molar-refractivity contribution in [2.45, 2.75) is 38.1 Å². The van der Waals surface area contributed by atoms with Crippen LogP contribution in [0.25, 0.3) is 0 Å². The van der Waals surface area contributed by atoms with Gasteiger partial charge in [0.1, 0.15) is 11.5 Å². The normalized spacial score (nSPS) is 29.0. The van der Waals surface area contributed by atoms with Crippen LogP contribution in [0.1, 0.15) is 32.1 Å². The maximum Gasteiger partial charge on any atom is 0.227 e. The van der Waals surface area contributed by atoms with Gasteiger partial charge in [-0.3, -0.25) is 4.79 Å². The van der Waals surface area contributed by atoms with Crippen molar-refractivity contribution in [2.75, 3.05) is 19.5 Å². The molecule has 2 bridgehead atoms. The minimum absolute atomic E-state index is 0.00526. The Morgan fingerprint density at radius 1 is 1.17 bits per heavy atom. The lowest BCUT2D eigenvalue weighted by Gasteiger charge is -2.43. The molecule has 0 aromatic heterocycles. The van der Waals surface area contributed by atoms with Crippen LogP contribution in [0.4, 0.5) is 5.69 Å². The molecule has 2 aliphatic rings. The number of hydrogen-bond acceptors (Lipinski definition) is 4. The van der Waals surface area contributed by atoms with Gasteiger partial charge in [-0.15, -0.1) is 0 Å². The van der Waals surface area contributed by atoms with Crippen LogP contribution in [-0.2, 0) is 4.79 Å². The SMILES string of the molecule is COc1cc(OC)c(NC(=O)C2CC3CCCC(C2)C3N)cc1Cl. The van der Waals surface area contributed by atoms with E-state index in [2.05, 4.69) is 5.32 Å². The summed E-state index contributed by atoms with van der Waals surface area (Å²) in [4.78, 5) is 12.8. The highest BCUT2D eigenvalue weighted by Crippen LogP contribution is 2.43. The molecule has 6 heteroatoms. The van der Waals surface area contributed by atoms with Crippen molar-refractivity contribution in [3.05, 3.63) is 17.2 Å². The summed E-state index contributed by atoms with van der Waals surface area (Å²) in [5, 5.41) is 3.42. The Kier molecular flexibility index (Phi) is 5.21. The first kappa shape index (κ1) is 17.4. The van der Waals surface area contributed by atoms with Crippen LogP contribution in [0.5, 0.6) is 11.5 Å². The summed E-state index contributed by atoms with van der Waals surface area (Å²) in [5.74, 6) is 2.02. The molecule has 132 valence electrons. The predicted octanol–water partition coefficient (Wildman–Crippen LogP) is 3.45.